The fourth-order valence-electron chi connectivity index (χ4n) is 5.44. The fraction of sp³-hybridized carbons (Fsp3) is 0.323. The number of nitrogens with one attached hydrogen (secondary N) is 1. The average Bonchev–Trinajstić information content (AvgIpc) is 3.52. The van der Waals surface area contributed by atoms with E-state index in [0.717, 1.165) is 5.75 Å². The van der Waals surface area contributed by atoms with E-state index >= 15 is 0 Å². The van der Waals surface area contributed by atoms with Gasteiger partial charge < -0.3 is 30.0 Å². The second-order valence-electron chi connectivity index (χ2n) is 9.88. The highest BCUT2D eigenvalue weighted by atomic mass is 32.2. The van der Waals surface area contributed by atoms with Crippen molar-refractivity contribution in [3.63, 3.8) is 0 Å². The first kappa shape index (κ1) is 31.7. The smallest absolute Gasteiger partial charge is 0.234 e. The molecule has 12 nitrogen and oxygen atoms in total. The molecule has 0 radical (unpaired) electrons. The Morgan fingerprint density at radius 1 is 1.11 bits per heavy atom. The summed E-state index contributed by atoms with van der Waals surface area (Å²) in [4.78, 5) is 27.8. The third-order valence-corrected chi connectivity index (χ3v) is 9.36. The summed E-state index contributed by atoms with van der Waals surface area (Å²) in [7, 11) is 4.50. The van der Waals surface area contributed by atoms with E-state index in [4.69, 9.17) is 24.7 Å². The molecule has 0 fully saturated rings. The van der Waals surface area contributed by atoms with Gasteiger partial charge in [0.1, 0.15) is 11.6 Å². The molecule has 1 unspecified atom stereocenters. The zero-order valence-corrected chi connectivity index (χ0v) is 26.8. The minimum absolute atomic E-state index is 0.0894. The standard InChI is InChI=1S/C31H32N6O6S2/c1-5-43-18-11-9-17(10-12-18)34-24(39)16-44-31-36-35-30(45-31)37-21-7-6-8-22(38)26(21)25(20(15-32)29(37)33)19-13-14-23(40-2)28(42-4)27(19)41-3/h9-14,25H,5-8,16,33H2,1-4H3,(H,34,39). The number of rotatable bonds is 11. The first-order chi connectivity index (χ1) is 21.8. The minimum Gasteiger partial charge on any atom is -0.494 e. The Balaban J connectivity index is 1.43. The number of nitrogens with zero attached hydrogens (tertiary/aromatic N) is 4. The lowest BCUT2D eigenvalue weighted by Gasteiger charge is -2.38. The number of methoxy groups -OCH3 is 3. The molecule has 1 amide bonds. The SMILES string of the molecule is CCOc1ccc(NC(=O)CSc2nnc(N3C(N)=C(C#N)C(c4ccc(OC)c(OC)c4OC)C4=C3CCCC4=O)s2)cc1. The van der Waals surface area contributed by atoms with Gasteiger partial charge in [-0.05, 0) is 50.1 Å². The first-order valence-electron chi connectivity index (χ1n) is 14.1. The number of hydrogen-bond acceptors (Lipinski definition) is 13. The molecule has 0 bridgehead atoms. The molecule has 14 heteroatoms. The van der Waals surface area contributed by atoms with Gasteiger partial charge >= 0.3 is 0 Å². The van der Waals surface area contributed by atoms with Crippen molar-refractivity contribution in [2.75, 3.05) is 43.9 Å². The molecule has 0 saturated heterocycles. The largest absolute Gasteiger partial charge is 0.494 e. The molecule has 1 atom stereocenters. The van der Waals surface area contributed by atoms with Crippen molar-refractivity contribution in [3.8, 4) is 29.1 Å². The molecule has 2 heterocycles. The number of carbonyl (C=O) groups excluding carboxylic acids is 2. The summed E-state index contributed by atoms with van der Waals surface area (Å²) >= 11 is 2.45. The number of nitriles is 1. The lowest BCUT2D eigenvalue weighted by molar-refractivity contribution is -0.116. The number of Topliss-reactive ketones (excluding diaryl/α,β-unsaturated/α-hetero) is 1. The van der Waals surface area contributed by atoms with Crippen LogP contribution >= 0.6 is 23.1 Å². The zero-order valence-electron chi connectivity index (χ0n) is 25.2. The predicted octanol–water partition coefficient (Wildman–Crippen LogP) is 5.00. The van der Waals surface area contributed by atoms with Gasteiger partial charge in [0, 0.05) is 28.9 Å². The number of hydrogen-bond donors (Lipinski definition) is 2. The maximum atomic E-state index is 13.6. The highest BCUT2D eigenvalue weighted by Crippen LogP contribution is 2.52. The molecule has 0 spiro atoms. The second kappa shape index (κ2) is 13.9. The van der Waals surface area contributed by atoms with Crippen LogP contribution in [0.3, 0.4) is 0 Å². The van der Waals surface area contributed by atoms with Crippen molar-refractivity contribution >= 4 is 45.6 Å². The maximum absolute atomic E-state index is 13.6. The monoisotopic (exact) mass is 648 g/mol. The van der Waals surface area contributed by atoms with Crippen molar-refractivity contribution in [1.29, 1.82) is 5.26 Å². The van der Waals surface area contributed by atoms with Crippen LogP contribution in [0.25, 0.3) is 0 Å². The Morgan fingerprint density at radius 2 is 1.87 bits per heavy atom. The number of ether oxygens (including phenoxy) is 4. The van der Waals surface area contributed by atoms with Gasteiger partial charge in [0.05, 0.1) is 51.2 Å². The van der Waals surface area contributed by atoms with E-state index in [-0.39, 0.29) is 28.8 Å². The molecule has 234 valence electrons. The van der Waals surface area contributed by atoms with Crippen LogP contribution in [-0.4, -0.2) is 55.6 Å². The van der Waals surface area contributed by atoms with Gasteiger partial charge in [0.25, 0.3) is 0 Å². The molecule has 45 heavy (non-hydrogen) atoms. The summed E-state index contributed by atoms with van der Waals surface area (Å²) in [5.74, 6) is 1.03. The summed E-state index contributed by atoms with van der Waals surface area (Å²) in [5, 5.41) is 22.3. The van der Waals surface area contributed by atoms with Gasteiger partial charge in [-0.3, -0.25) is 14.5 Å². The molecule has 0 saturated carbocycles. The number of allylic oxidation sites excluding steroid dienone is 3. The Kier molecular flexibility index (Phi) is 9.80. The Bertz CT molecular complexity index is 1710. The molecular formula is C31H32N6O6S2. The molecule has 3 N–H and O–H groups in total. The highest BCUT2D eigenvalue weighted by molar-refractivity contribution is 8.01. The number of ketones is 1. The summed E-state index contributed by atoms with van der Waals surface area (Å²) in [6.45, 7) is 2.47. The van der Waals surface area contributed by atoms with Crippen LogP contribution < -0.4 is 34.9 Å². The maximum Gasteiger partial charge on any atom is 0.234 e. The van der Waals surface area contributed by atoms with Gasteiger partial charge in [-0.15, -0.1) is 10.2 Å². The lowest BCUT2D eigenvalue weighted by atomic mass is 9.75. The molecule has 3 aromatic rings. The van der Waals surface area contributed by atoms with Crippen molar-refractivity contribution in [2.24, 2.45) is 5.73 Å². The molecule has 1 aromatic heterocycles. The summed E-state index contributed by atoms with van der Waals surface area (Å²) in [6.07, 6.45) is 1.49. The van der Waals surface area contributed by atoms with Gasteiger partial charge in [-0.25, -0.2) is 0 Å². The fourth-order valence-corrected chi connectivity index (χ4v) is 7.13. The number of anilines is 2. The van der Waals surface area contributed by atoms with Crippen molar-refractivity contribution in [1.82, 2.24) is 10.2 Å². The van der Waals surface area contributed by atoms with Crippen LogP contribution in [0.1, 0.15) is 37.7 Å². The second-order valence-corrected chi connectivity index (χ2v) is 12.1. The van der Waals surface area contributed by atoms with Crippen molar-refractivity contribution < 1.29 is 28.5 Å². The van der Waals surface area contributed by atoms with E-state index in [2.05, 4.69) is 21.6 Å². The Labute approximate surface area is 268 Å². The van der Waals surface area contributed by atoms with Crippen molar-refractivity contribution in [3.05, 3.63) is 64.6 Å². The van der Waals surface area contributed by atoms with E-state index in [1.807, 2.05) is 6.92 Å². The molecule has 5 rings (SSSR count). The normalized spacial score (nSPS) is 16.2. The van der Waals surface area contributed by atoms with Crippen LogP contribution in [0, 0.1) is 11.3 Å². The van der Waals surface area contributed by atoms with Gasteiger partial charge in [0.2, 0.25) is 16.8 Å². The topological polar surface area (TPSA) is 162 Å². The van der Waals surface area contributed by atoms with Crippen molar-refractivity contribution in [2.45, 2.75) is 36.4 Å². The quantitative estimate of drug-likeness (QED) is 0.268. The Hall–Kier alpha value is -4.74. The number of amides is 1. The third kappa shape index (κ3) is 6.27. The number of benzene rings is 2. The molecule has 2 aliphatic rings. The van der Waals surface area contributed by atoms with E-state index in [0.29, 0.717) is 75.1 Å². The highest BCUT2D eigenvalue weighted by Gasteiger charge is 2.43. The van der Waals surface area contributed by atoms with E-state index in [9.17, 15) is 14.9 Å². The van der Waals surface area contributed by atoms with Crippen LogP contribution in [0.15, 0.2) is 63.4 Å². The molecular weight excluding hydrogens is 617 g/mol. The first-order valence-corrected chi connectivity index (χ1v) is 15.9. The minimum atomic E-state index is -0.781. The van der Waals surface area contributed by atoms with E-state index in [1.54, 1.807) is 41.3 Å². The van der Waals surface area contributed by atoms with Crippen LogP contribution in [0.4, 0.5) is 10.8 Å². The summed E-state index contributed by atoms with van der Waals surface area (Å²) in [5.41, 5.74) is 9.21. The Morgan fingerprint density at radius 3 is 2.53 bits per heavy atom. The number of thioether (sulfide) groups is 1. The summed E-state index contributed by atoms with van der Waals surface area (Å²) in [6, 6.07) is 12.8. The van der Waals surface area contributed by atoms with Gasteiger partial charge in [-0.2, -0.15) is 5.26 Å². The molecule has 1 aliphatic heterocycles. The predicted molar refractivity (Wildman–Crippen MR) is 171 cm³/mol. The van der Waals surface area contributed by atoms with E-state index in [1.165, 1.54) is 44.4 Å². The van der Waals surface area contributed by atoms with Gasteiger partial charge in [-0.1, -0.05) is 29.2 Å². The number of carbonyl (C=O) groups is 2. The van der Waals surface area contributed by atoms with Gasteiger partial charge in [0.15, 0.2) is 21.6 Å². The number of nitrogens with two attached hydrogens (primary N) is 1. The van der Waals surface area contributed by atoms with Crippen LogP contribution in [0.5, 0.6) is 23.0 Å². The third-order valence-electron chi connectivity index (χ3n) is 7.32. The van der Waals surface area contributed by atoms with Crippen LogP contribution in [-0.2, 0) is 9.59 Å². The zero-order chi connectivity index (χ0) is 32.1. The lowest BCUT2D eigenvalue weighted by Crippen LogP contribution is -2.38. The number of aromatic nitrogens is 2. The molecule has 2 aromatic carbocycles. The van der Waals surface area contributed by atoms with E-state index < -0.39 is 5.92 Å². The summed E-state index contributed by atoms with van der Waals surface area (Å²) < 4.78 is 22.7. The van der Waals surface area contributed by atoms with Crippen LogP contribution in [0.2, 0.25) is 0 Å². The average molecular weight is 649 g/mol. The molecule has 1 aliphatic carbocycles.